The van der Waals surface area contributed by atoms with E-state index in [1.165, 1.54) is 16.9 Å². The van der Waals surface area contributed by atoms with Gasteiger partial charge in [-0.2, -0.15) is 0 Å². The molecule has 1 aliphatic heterocycles. The molecule has 0 saturated carbocycles. The lowest BCUT2D eigenvalue weighted by Gasteiger charge is -2.32. The molecule has 0 atom stereocenters. The molecule has 1 aromatic carbocycles. The number of hydrogen-bond donors (Lipinski definition) is 1. The molecule has 1 aliphatic carbocycles. The van der Waals surface area contributed by atoms with Crippen molar-refractivity contribution in [1.82, 2.24) is 19.8 Å². The van der Waals surface area contributed by atoms with Gasteiger partial charge in [0.25, 0.3) is 11.5 Å². The summed E-state index contributed by atoms with van der Waals surface area (Å²) in [5.41, 5.74) is 2.82. The van der Waals surface area contributed by atoms with Gasteiger partial charge in [-0.05, 0) is 62.6 Å². The van der Waals surface area contributed by atoms with Crippen molar-refractivity contribution in [3.05, 3.63) is 62.5 Å². The molecule has 1 fully saturated rings. The van der Waals surface area contributed by atoms with E-state index in [2.05, 4.69) is 10.3 Å². The summed E-state index contributed by atoms with van der Waals surface area (Å²) in [5.74, 6) is -0.0104. The van der Waals surface area contributed by atoms with Gasteiger partial charge in [-0.15, -0.1) is 11.3 Å². The fourth-order valence-corrected chi connectivity index (χ4v) is 6.30. The number of rotatable bonds is 5. The number of carbonyl (C=O) groups is 2. The fraction of sp³-hybridized carbons (Fsp3) is 0.462. The summed E-state index contributed by atoms with van der Waals surface area (Å²) < 4.78 is 1.59. The number of aryl methyl sites for hydroxylation is 4. The third-order valence-corrected chi connectivity index (χ3v) is 8.28. The quantitative estimate of drug-likeness (QED) is 0.609. The minimum atomic E-state index is -0.0548. The molecule has 0 radical (unpaired) electrons. The highest BCUT2D eigenvalue weighted by Gasteiger charge is 2.25. The van der Waals surface area contributed by atoms with Crippen LogP contribution in [-0.4, -0.2) is 45.4 Å². The molecular weight excluding hydrogens is 448 g/mol. The molecule has 8 heteroatoms. The van der Waals surface area contributed by atoms with Gasteiger partial charge in [0.1, 0.15) is 4.83 Å². The average Bonchev–Trinajstić information content (AvgIpc) is 3.23. The molecule has 0 bridgehead atoms. The van der Waals surface area contributed by atoms with Crippen molar-refractivity contribution in [3.63, 3.8) is 0 Å². The Morgan fingerprint density at radius 3 is 2.71 bits per heavy atom. The van der Waals surface area contributed by atoms with Crippen molar-refractivity contribution in [2.45, 2.75) is 64.5 Å². The van der Waals surface area contributed by atoms with Crippen LogP contribution < -0.4 is 10.9 Å². The molecular formula is C26H30N4O3S. The second-order valence-electron chi connectivity index (χ2n) is 9.33. The number of benzene rings is 1. The number of piperidine rings is 1. The maximum atomic E-state index is 13.1. The van der Waals surface area contributed by atoms with E-state index in [0.717, 1.165) is 47.9 Å². The van der Waals surface area contributed by atoms with Crippen LogP contribution in [0.15, 0.2) is 35.4 Å². The van der Waals surface area contributed by atoms with Crippen molar-refractivity contribution in [2.24, 2.45) is 0 Å². The number of fused-ring (bicyclic) bond motifs is 3. The van der Waals surface area contributed by atoms with Gasteiger partial charge in [0.15, 0.2) is 0 Å². The van der Waals surface area contributed by atoms with E-state index in [9.17, 15) is 14.4 Å². The Balaban J connectivity index is 1.16. The first-order valence-corrected chi connectivity index (χ1v) is 13.0. The standard InChI is InChI=1S/C26H30N4O3S/c1-17-6-2-3-7-19(17)24(32)28-18-10-13-29(14-11-18)22(31)12-15-30-16-27-25-23(26(30)33)20-8-4-5-9-21(20)34-25/h2-3,6-7,16,18H,4-5,8-15H2,1H3,(H,28,32). The van der Waals surface area contributed by atoms with Crippen molar-refractivity contribution < 1.29 is 9.59 Å². The van der Waals surface area contributed by atoms with Gasteiger partial charge in [0.2, 0.25) is 5.91 Å². The number of aromatic nitrogens is 2. The number of amides is 2. The zero-order chi connectivity index (χ0) is 23.7. The van der Waals surface area contributed by atoms with Crippen molar-refractivity contribution in [2.75, 3.05) is 13.1 Å². The van der Waals surface area contributed by atoms with Crippen LogP contribution in [0.25, 0.3) is 10.2 Å². The van der Waals surface area contributed by atoms with Crippen LogP contribution in [0.2, 0.25) is 0 Å². The topological polar surface area (TPSA) is 84.3 Å². The fourth-order valence-electron chi connectivity index (χ4n) is 5.08. The highest BCUT2D eigenvalue weighted by molar-refractivity contribution is 7.18. The third kappa shape index (κ3) is 4.51. The molecule has 1 N–H and O–H groups in total. The van der Waals surface area contributed by atoms with Gasteiger partial charge in [0.05, 0.1) is 11.7 Å². The highest BCUT2D eigenvalue weighted by atomic mass is 32.1. The van der Waals surface area contributed by atoms with Crippen LogP contribution in [0.3, 0.4) is 0 Å². The normalized spacial score (nSPS) is 16.4. The Bertz CT molecular complexity index is 1290. The molecule has 178 valence electrons. The van der Waals surface area contributed by atoms with Gasteiger partial charge in [0, 0.05) is 42.5 Å². The number of hydrogen-bond acceptors (Lipinski definition) is 5. The molecule has 7 nitrogen and oxygen atoms in total. The number of thiophene rings is 1. The van der Waals surface area contributed by atoms with Gasteiger partial charge < -0.3 is 10.2 Å². The molecule has 0 spiro atoms. The lowest BCUT2D eigenvalue weighted by atomic mass is 9.97. The minimum absolute atomic E-state index is 0.0187. The first-order chi connectivity index (χ1) is 16.5. The Morgan fingerprint density at radius 1 is 1.15 bits per heavy atom. The van der Waals surface area contributed by atoms with Gasteiger partial charge in [-0.1, -0.05) is 18.2 Å². The number of nitrogens with zero attached hydrogens (tertiary/aromatic N) is 3. The molecule has 2 aromatic heterocycles. The van der Waals surface area contributed by atoms with Crippen LogP contribution >= 0.6 is 11.3 Å². The van der Waals surface area contributed by atoms with Crippen LogP contribution in [0.4, 0.5) is 0 Å². The number of likely N-dealkylation sites (tertiary alicyclic amines) is 1. The summed E-state index contributed by atoms with van der Waals surface area (Å²) >= 11 is 1.64. The van der Waals surface area contributed by atoms with E-state index >= 15 is 0 Å². The monoisotopic (exact) mass is 478 g/mol. The van der Waals surface area contributed by atoms with Gasteiger partial charge in [-0.25, -0.2) is 4.98 Å². The maximum absolute atomic E-state index is 13.1. The molecule has 34 heavy (non-hydrogen) atoms. The molecule has 0 unspecified atom stereocenters. The predicted octanol–water partition coefficient (Wildman–Crippen LogP) is 3.46. The highest BCUT2D eigenvalue weighted by Crippen LogP contribution is 2.33. The van der Waals surface area contributed by atoms with Gasteiger partial charge >= 0.3 is 0 Å². The Labute approximate surface area is 202 Å². The Morgan fingerprint density at radius 2 is 1.91 bits per heavy atom. The second-order valence-corrected chi connectivity index (χ2v) is 10.4. The Hall–Kier alpha value is -3.00. The summed E-state index contributed by atoms with van der Waals surface area (Å²) in [6.45, 7) is 3.50. The molecule has 3 aromatic rings. The first-order valence-electron chi connectivity index (χ1n) is 12.1. The SMILES string of the molecule is Cc1ccccc1C(=O)NC1CCN(C(=O)CCn2cnc3sc4c(c3c2=O)CCCC4)CC1. The minimum Gasteiger partial charge on any atom is -0.349 e. The lowest BCUT2D eigenvalue weighted by molar-refractivity contribution is -0.132. The zero-order valence-electron chi connectivity index (χ0n) is 19.5. The van der Waals surface area contributed by atoms with Crippen molar-refractivity contribution in [1.29, 1.82) is 0 Å². The first kappa shape index (κ1) is 22.8. The largest absolute Gasteiger partial charge is 0.349 e. The number of carbonyl (C=O) groups excluding carboxylic acids is 2. The van der Waals surface area contributed by atoms with Crippen LogP contribution in [0.1, 0.15) is 58.5 Å². The third-order valence-electron chi connectivity index (χ3n) is 7.08. The van der Waals surface area contributed by atoms with Crippen molar-refractivity contribution in [3.8, 4) is 0 Å². The van der Waals surface area contributed by atoms with E-state index in [1.807, 2.05) is 36.1 Å². The number of nitrogens with one attached hydrogen (secondary N) is 1. The second kappa shape index (κ2) is 9.70. The molecule has 5 rings (SSSR count). The van der Waals surface area contributed by atoms with E-state index in [0.29, 0.717) is 25.2 Å². The Kier molecular flexibility index (Phi) is 6.50. The molecule has 2 amide bonds. The molecule has 2 aliphatic rings. The van der Waals surface area contributed by atoms with E-state index < -0.39 is 0 Å². The summed E-state index contributed by atoms with van der Waals surface area (Å²) in [5, 5.41) is 3.87. The maximum Gasteiger partial charge on any atom is 0.262 e. The van der Waals surface area contributed by atoms with Gasteiger partial charge in [-0.3, -0.25) is 19.0 Å². The molecule has 3 heterocycles. The van der Waals surface area contributed by atoms with Crippen LogP contribution in [0.5, 0.6) is 0 Å². The summed E-state index contributed by atoms with van der Waals surface area (Å²) in [7, 11) is 0. The lowest BCUT2D eigenvalue weighted by Crippen LogP contribution is -2.46. The van der Waals surface area contributed by atoms with Crippen LogP contribution in [0, 0.1) is 6.92 Å². The van der Waals surface area contributed by atoms with Crippen LogP contribution in [-0.2, 0) is 24.2 Å². The summed E-state index contributed by atoms with van der Waals surface area (Å²) in [6, 6.07) is 7.63. The summed E-state index contributed by atoms with van der Waals surface area (Å²) in [4.78, 5) is 47.0. The summed E-state index contributed by atoms with van der Waals surface area (Å²) in [6.07, 6.45) is 7.62. The van der Waals surface area contributed by atoms with Crippen molar-refractivity contribution >= 4 is 33.4 Å². The van der Waals surface area contributed by atoms with E-state index in [1.54, 1.807) is 22.2 Å². The van der Waals surface area contributed by atoms with E-state index in [4.69, 9.17) is 0 Å². The van der Waals surface area contributed by atoms with E-state index in [-0.39, 0.29) is 29.8 Å². The zero-order valence-corrected chi connectivity index (χ0v) is 20.3. The average molecular weight is 479 g/mol. The smallest absolute Gasteiger partial charge is 0.262 e. The molecule has 1 saturated heterocycles. The predicted molar refractivity (Wildman–Crippen MR) is 133 cm³/mol.